The van der Waals surface area contributed by atoms with Crippen LogP contribution in [0.3, 0.4) is 0 Å². The Morgan fingerprint density at radius 1 is 1.37 bits per heavy atom. The fourth-order valence-electron chi connectivity index (χ4n) is 2.30. The molecule has 1 heterocycles. The summed E-state index contributed by atoms with van der Waals surface area (Å²) < 4.78 is 0.886. The fourth-order valence-corrected chi connectivity index (χ4v) is 2.68. The molecule has 1 saturated heterocycles. The van der Waals surface area contributed by atoms with E-state index in [9.17, 15) is 9.59 Å². The summed E-state index contributed by atoms with van der Waals surface area (Å²) >= 11 is 3.40. The molecule has 5 heteroatoms. The zero-order valence-electron chi connectivity index (χ0n) is 11.2. The SMILES string of the molecule is CCC1C(=O)NC(C)(C)C(=O)N1c1cccc(Br)c1. The van der Waals surface area contributed by atoms with Crippen LogP contribution < -0.4 is 10.2 Å². The largest absolute Gasteiger partial charge is 0.340 e. The average Bonchev–Trinajstić information content (AvgIpc) is 2.32. The molecule has 1 aliphatic heterocycles. The number of carbonyl (C=O) groups is 2. The van der Waals surface area contributed by atoms with Crippen LogP contribution in [0.15, 0.2) is 28.7 Å². The smallest absolute Gasteiger partial charge is 0.252 e. The lowest BCUT2D eigenvalue weighted by molar-refractivity contribution is -0.137. The molecule has 1 aliphatic rings. The van der Waals surface area contributed by atoms with Gasteiger partial charge in [0.25, 0.3) is 5.91 Å². The van der Waals surface area contributed by atoms with Crippen LogP contribution in [0, 0.1) is 0 Å². The highest BCUT2D eigenvalue weighted by atomic mass is 79.9. The molecule has 0 bridgehead atoms. The third-order valence-electron chi connectivity index (χ3n) is 3.28. The lowest BCUT2D eigenvalue weighted by Gasteiger charge is -2.42. The first-order valence-corrected chi connectivity index (χ1v) is 7.07. The van der Waals surface area contributed by atoms with Gasteiger partial charge in [-0.15, -0.1) is 0 Å². The van der Waals surface area contributed by atoms with Gasteiger partial charge in [0.2, 0.25) is 5.91 Å². The lowest BCUT2D eigenvalue weighted by Crippen LogP contribution is -2.68. The highest BCUT2D eigenvalue weighted by Crippen LogP contribution is 2.28. The summed E-state index contributed by atoms with van der Waals surface area (Å²) in [5, 5.41) is 2.78. The Balaban J connectivity index is 2.49. The van der Waals surface area contributed by atoms with E-state index in [1.165, 1.54) is 0 Å². The third kappa shape index (κ3) is 2.52. The van der Waals surface area contributed by atoms with Crippen molar-refractivity contribution >= 4 is 33.4 Å². The Labute approximate surface area is 121 Å². The molecule has 1 aromatic rings. The highest BCUT2D eigenvalue weighted by molar-refractivity contribution is 9.10. The van der Waals surface area contributed by atoms with E-state index in [2.05, 4.69) is 21.2 Å². The standard InChI is InChI=1S/C14H17BrN2O2/c1-4-11-12(18)16-14(2,3)13(19)17(11)10-7-5-6-9(15)8-10/h5-8,11H,4H2,1-3H3,(H,16,18). The second-order valence-corrected chi connectivity index (χ2v) is 6.11. The minimum Gasteiger partial charge on any atom is -0.340 e. The van der Waals surface area contributed by atoms with Crippen LogP contribution in [-0.4, -0.2) is 23.4 Å². The van der Waals surface area contributed by atoms with Crippen LogP contribution in [0.1, 0.15) is 27.2 Å². The molecule has 1 N–H and O–H groups in total. The zero-order valence-corrected chi connectivity index (χ0v) is 12.8. The first-order valence-electron chi connectivity index (χ1n) is 6.28. The van der Waals surface area contributed by atoms with Crippen molar-refractivity contribution in [2.24, 2.45) is 0 Å². The van der Waals surface area contributed by atoms with E-state index in [4.69, 9.17) is 0 Å². The Morgan fingerprint density at radius 3 is 2.63 bits per heavy atom. The van der Waals surface area contributed by atoms with E-state index in [1.54, 1.807) is 18.7 Å². The number of amides is 2. The number of hydrogen-bond acceptors (Lipinski definition) is 2. The summed E-state index contributed by atoms with van der Waals surface area (Å²) in [5.41, 5.74) is -0.125. The van der Waals surface area contributed by atoms with Gasteiger partial charge in [-0.3, -0.25) is 14.5 Å². The summed E-state index contributed by atoms with van der Waals surface area (Å²) in [5.74, 6) is -0.191. The quantitative estimate of drug-likeness (QED) is 0.908. The molecular formula is C14H17BrN2O2. The van der Waals surface area contributed by atoms with E-state index >= 15 is 0 Å². The van der Waals surface area contributed by atoms with E-state index in [0.29, 0.717) is 6.42 Å². The van der Waals surface area contributed by atoms with Gasteiger partial charge < -0.3 is 5.32 Å². The highest BCUT2D eigenvalue weighted by Gasteiger charge is 2.45. The molecule has 1 unspecified atom stereocenters. The van der Waals surface area contributed by atoms with E-state index in [1.807, 2.05) is 31.2 Å². The maximum absolute atomic E-state index is 12.6. The molecule has 1 atom stereocenters. The number of anilines is 1. The Kier molecular flexibility index (Phi) is 3.67. The van der Waals surface area contributed by atoms with E-state index < -0.39 is 11.6 Å². The number of nitrogens with one attached hydrogen (secondary N) is 1. The second-order valence-electron chi connectivity index (χ2n) is 5.19. The first-order chi connectivity index (χ1) is 8.86. The number of halogens is 1. The van der Waals surface area contributed by atoms with E-state index in [0.717, 1.165) is 10.2 Å². The predicted molar refractivity (Wildman–Crippen MR) is 77.9 cm³/mol. The molecule has 0 radical (unpaired) electrons. The van der Waals surface area contributed by atoms with Crippen LogP contribution in [-0.2, 0) is 9.59 Å². The lowest BCUT2D eigenvalue weighted by atomic mass is 9.95. The summed E-state index contributed by atoms with van der Waals surface area (Å²) in [6, 6.07) is 7.01. The average molecular weight is 325 g/mol. The monoisotopic (exact) mass is 324 g/mol. The van der Waals surface area contributed by atoms with Crippen molar-refractivity contribution in [1.29, 1.82) is 0 Å². The molecule has 0 aromatic heterocycles. The number of carbonyl (C=O) groups excluding carboxylic acids is 2. The number of nitrogens with zero attached hydrogens (tertiary/aromatic N) is 1. The van der Waals surface area contributed by atoms with Gasteiger partial charge in [-0.2, -0.15) is 0 Å². The molecular weight excluding hydrogens is 308 g/mol. The van der Waals surface area contributed by atoms with Gasteiger partial charge in [-0.05, 0) is 38.5 Å². The number of hydrogen-bond donors (Lipinski definition) is 1. The van der Waals surface area contributed by atoms with Crippen LogP contribution in [0.2, 0.25) is 0 Å². The zero-order chi connectivity index (χ0) is 14.2. The Hall–Kier alpha value is -1.36. The molecule has 19 heavy (non-hydrogen) atoms. The van der Waals surface area contributed by atoms with Crippen molar-refractivity contribution in [2.45, 2.75) is 38.8 Å². The molecule has 0 saturated carbocycles. The Morgan fingerprint density at radius 2 is 2.05 bits per heavy atom. The van der Waals surface area contributed by atoms with Crippen molar-refractivity contribution in [1.82, 2.24) is 5.32 Å². The minimum atomic E-state index is -0.870. The van der Waals surface area contributed by atoms with Crippen LogP contribution in [0.25, 0.3) is 0 Å². The summed E-state index contributed by atoms with van der Waals surface area (Å²) in [6.07, 6.45) is 0.583. The van der Waals surface area contributed by atoms with Crippen molar-refractivity contribution in [2.75, 3.05) is 4.90 Å². The van der Waals surface area contributed by atoms with Gasteiger partial charge >= 0.3 is 0 Å². The fraction of sp³-hybridized carbons (Fsp3) is 0.429. The van der Waals surface area contributed by atoms with Gasteiger partial charge in [-0.25, -0.2) is 0 Å². The maximum atomic E-state index is 12.6. The summed E-state index contributed by atoms with van der Waals surface area (Å²) in [6.45, 7) is 5.36. The molecule has 0 spiro atoms. The molecule has 2 rings (SSSR count). The number of piperazine rings is 1. The minimum absolute atomic E-state index is 0.0861. The van der Waals surface area contributed by atoms with Crippen molar-refractivity contribution < 1.29 is 9.59 Å². The normalized spacial score (nSPS) is 22.3. The summed E-state index contributed by atoms with van der Waals surface area (Å²) in [4.78, 5) is 26.3. The van der Waals surface area contributed by atoms with Crippen LogP contribution >= 0.6 is 15.9 Å². The van der Waals surface area contributed by atoms with Gasteiger partial charge in [0.15, 0.2) is 0 Å². The van der Waals surface area contributed by atoms with Crippen molar-refractivity contribution in [3.63, 3.8) is 0 Å². The molecule has 0 aliphatic carbocycles. The molecule has 2 amide bonds. The van der Waals surface area contributed by atoms with Crippen molar-refractivity contribution in [3.8, 4) is 0 Å². The first kappa shape index (κ1) is 14.1. The number of rotatable bonds is 2. The topological polar surface area (TPSA) is 49.4 Å². The second kappa shape index (κ2) is 4.96. The Bertz CT molecular complexity index is 528. The van der Waals surface area contributed by atoms with Gasteiger partial charge in [0.1, 0.15) is 11.6 Å². The van der Waals surface area contributed by atoms with Gasteiger partial charge in [-0.1, -0.05) is 28.9 Å². The molecule has 4 nitrogen and oxygen atoms in total. The summed E-state index contributed by atoms with van der Waals surface area (Å²) in [7, 11) is 0. The van der Waals surface area contributed by atoms with Crippen molar-refractivity contribution in [3.05, 3.63) is 28.7 Å². The third-order valence-corrected chi connectivity index (χ3v) is 3.77. The number of benzene rings is 1. The van der Waals surface area contributed by atoms with Gasteiger partial charge in [0, 0.05) is 10.2 Å². The molecule has 1 aromatic carbocycles. The van der Waals surface area contributed by atoms with E-state index in [-0.39, 0.29) is 11.8 Å². The van der Waals surface area contributed by atoms with Gasteiger partial charge in [0.05, 0.1) is 0 Å². The molecule has 102 valence electrons. The predicted octanol–water partition coefficient (Wildman–Crippen LogP) is 2.47. The molecule has 1 fully saturated rings. The maximum Gasteiger partial charge on any atom is 0.252 e. The van der Waals surface area contributed by atoms with Crippen LogP contribution in [0.5, 0.6) is 0 Å². The van der Waals surface area contributed by atoms with Crippen LogP contribution in [0.4, 0.5) is 5.69 Å².